The monoisotopic (exact) mass is 173 g/mol. The van der Waals surface area contributed by atoms with Crippen LogP contribution in [0.4, 0.5) is 0 Å². The van der Waals surface area contributed by atoms with Gasteiger partial charge in [0.1, 0.15) is 0 Å². The zero-order chi connectivity index (χ0) is 9.40. The van der Waals surface area contributed by atoms with Gasteiger partial charge in [0.25, 0.3) is 0 Å². The van der Waals surface area contributed by atoms with E-state index in [1.807, 2.05) is 0 Å². The summed E-state index contributed by atoms with van der Waals surface area (Å²) in [4.78, 5) is 11.7. The molecule has 0 bridgehead atoms. The fourth-order valence-electron chi connectivity index (χ4n) is 0.496. The van der Waals surface area contributed by atoms with Gasteiger partial charge in [-0.3, -0.25) is 0 Å². The Bertz CT molecular complexity index is 200. The van der Waals surface area contributed by atoms with E-state index in [-0.39, 0.29) is 6.01 Å². The summed E-state index contributed by atoms with van der Waals surface area (Å²) in [6.45, 7) is 0. The smallest absolute Gasteiger partial charge is 0.338 e. The minimum atomic E-state index is 0.0966. The molecule has 0 aliphatic carbocycles. The number of rotatable bonds is 2. The summed E-state index contributed by atoms with van der Waals surface area (Å²) in [7, 11) is 2.50. The molecule has 0 saturated heterocycles. The average Bonchev–Trinajstić information content (AvgIpc) is 2.21. The van der Waals surface area contributed by atoms with Crippen LogP contribution in [0.5, 0.6) is 11.9 Å². The van der Waals surface area contributed by atoms with Gasteiger partial charge in [0.15, 0.2) is 0 Å². The summed E-state index contributed by atoms with van der Waals surface area (Å²) in [6, 6.07) is 1.70. The Balaban J connectivity index is 0.000000561. The molecule has 0 aliphatic heterocycles. The minimum absolute atomic E-state index is 0.0966. The van der Waals surface area contributed by atoms with Crippen LogP contribution in [0.3, 0.4) is 0 Å². The van der Waals surface area contributed by atoms with Gasteiger partial charge in [0, 0.05) is 19.4 Å². The van der Waals surface area contributed by atoms with Crippen LogP contribution >= 0.6 is 0 Å². The molecule has 3 N–H and O–H groups in total. The number of methoxy groups -OCH3 is 1. The largest absolute Gasteiger partial charge is 0.481 e. The predicted molar refractivity (Wildman–Crippen MR) is 41.5 cm³/mol. The molecule has 12 heavy (non-hydrogen) atoms. The number of hydrogen-bond donors (Lipinski definition) is 2. The number of aliphatic hydroxyl groups is 1. The first-order valence-corrected chi connectivity index (χ1v) is 3.05. The normalized spacial score (nSPS) is 8.00. The number of nitrogens with zero attached hydrogens (tertiary/aromatic N) is 2. The summed E-state index contributed by atoms with van der Waals surface area (Å²) in [6.07, 6.45) is 1.49. The molecular weight excluding hydrogens is 162 g/mol. The van der Waals surface area contributed by atoms with Gasteiger partial charge < -0.3 is 14.7 Å². The van der Waals surface area contributed by atoms with E-state index >= 15 is 0 Å². The Morgan fingerprint density at radius 1 is 1.50 bits per heavy atom. The van der Waals surface area contributed by atoms with Gasteiger partial charge in [-0.25, -0.2) is 4.98 Å². The first-order valence-electron chi connectivity index (χ1n) is 3.05. The van der Waals surface area contributed by atoms with Crippen molar-refractivity contribution in [1.82, 2.24) is 9.97 Å². The fourth-order valence-corrected chi connectivity index (χ4v) is 0.496. The summed E-state index contributed by atoms with van der Waals surface area (Å²) in [5.74, 6) is 5.22. The first kappa shape index (κ1) is 10.6. The van der Waals surface area contributed by atoms with Crippen LogP contribution < -0.4 is 15.5 Å². The van der Waals surface area contributed by atoms with E-state index in [4.69, 9.17) is 15.7 Å². The van der Waals surface area contributed by atoms with Crippen molar-refractivity contribution in [3.63, 3.8) is 0 Å². The molecule has 1 heterocycles. The molecule has 0 saturated carbocycles. The molecule has 1 rings (SSSR count). The summed E-state index contributed by atoms with van der Waals surface area (Å²) >= 11 is 0. The Morgan fingerprint density at radius 3 is 2.67 bits per heavy atom. The van der Waals surface area contributed by atoms with Crippen LogP contribution in [0.25, 0.3) is 0 Å². The Hall–Kier alpha value is -1.40. The number of aliphatic hydroxyl groups excluding tert-OH is 1. The highest BCUT2D eigenvalue weighted by molar-refractivity contribution is 5.10. The second kappa shape index (κ2) is 6.32. The zero-order valence-electron chi connectivity index (χ0n) is 6.89. The SMILES string of the molecule is CO.COc1ccnc(ON)n1. The molecule has 6 heteroatoms. The van der Waals surface area contributed by atoms with Gasteiger partial charge in [0.05, 0.1) is 7.11 Å². The highest BCUT2D eigenvalue weighted by Crippen LogP contribution is 2.06. The zero-order valence-corrected chi connectivity index (χ0v) is 6.89. The van der Waals surface area contributed by atoms with Crippen LogP contribution in [-0.4, -0.2) is 29.3 Å². The number of aromatic nitrogens is 2. The number of ether oxygens (including phenoxy) is 1. The van der Waals surface area contributed by atoms with Crippen molar-refractivity contribution >= 4 is 0 Å². The molecular formula is C6H11N3O3. The van der Waals surface area contributed by atoms with E-state index < -0.39 is 0 Å². The maximum Gasteiger partial charge on any atom is 0.338 e. The third-order valence-electron chi connectivity index (χ3n) is 0.922. The third-order valence-corrected chi connectivity index (χ3v) is 0.922. The van der Waals surface area contributed by atoms with Crippen LogP contribution in [0.15, 0.2) is 12.3 Å². The van der Waals surface area contributed by atoms with Crippen molar-refractivity contribution in [3.8, 4) is 11.9 Å². The number of hydrogen-bond acceptors (Lipinski definition) is 6. The molecule has 1 aromatic rings. The van der Waals surface area contributed by atoms with E-state index in [1.54, 1.807) is 6.07 Å². The van der Waals surface area contributed by atoms with Crippen molar-refractivity contribution in [2.45, 2.75) is 0 Å². The lowest BCUT2D eigenvalue weighted by Gasteiger charge is -1.97. The topological polar surface area (TPSA) is 90.5 Å². The second-order valence-electron chi connectivity index (χ2n) is 1.50. The van der Waals surface area contributed by atoms with E-state index in [2.05, 4.69) is 14.8 Å². The van der Waals surface area contributed by atoms with Gasteiger partial charge in [-0.1, -0.05) is 0 Å². The molecule has 1 aromatic heterocycles. The summed E-state index contributed by atoms with van der Waals surface area (Å²) < 4.78 is 4.77. The van der Waals surface area contributed by atoms with Crippen molar-refractivity contribution < 1.29 is 14.7 Å². The summed E-state index contributed by atoms with van der Waals surface area (Å²) in [5, 5.41) is 7.00. The van der Waals surface area contributed by atoms with Crippen LogP contribution in [0.2, 0.25) is 0 Å². The van der Waals surface area contributed by atoms with Gasteiger partial charge >= 0.3 is 6.01 Å². The van der Waals surface area contributed by atoms with Gasteiger partial charge in [-0.2, -0.15) is 10.9 Å². The van der Waals surface area contributed by atoms with Gasteiger partial charge in [-0.05, 0) is 0 Å². The molecule has 0 unspecified atom stereocenters. The average molecular weight is 173 g/mol. The Morgan fingerprint density at radius 2 is 2.17 bits per heavy atom. The van der Waals surface area contributed by atoms with E-state index in [0.29, 0.717) is 5.88 Å². The molecule has 0 atom stereocenters. The van der Waals surface area contributed by atoms with Crippen LogP contribution in [-0.2, 0) is 0 Å². The van der Waals surface area contributed by atoms with Crippen molar-refractivity contribution in [2.75, 3.05) is 14.2 Å². The molecule has 0 amide bonds. The lowest BCUT2D eigenvalue weighted by molar-refractivity contribution is 0.296. The van der Waals surface area contributed by atoms with Crippen LogP contribution in [0.1, 0.15) is 0 Å². The lowest BCUT2D eigenvalue weighted by Crippen LogP contribution is -2.05. The molecule has 0 aromatic carbocycles. The molecule has 0 fully saturated rings. The van der Waals surface area contributed by atoms with Crippen molar-refractivity contribution in [2.24, 2.45) is 5.90 Å². The maximum atomic E-state index is 7.00. The Labute approximate surface area is 69.9 Å². The van der Waals surface area contributed by atoms with E-state index in [0.717, 1.165) is 7.11 Å². The summed E-state index contributed by atoms with van der Waals surface area (Å²) in [5.41, 5.74) is 0. The molecule has 0 spiro atoms. The first-order chi connectivity index (χ1) is 5.86. The quantitative estimate of drug-likeness (QED) is 0.577. The Kier molecular flexibility index (Phi) is 5.58. The second-order valence-corrected chi connectivity index (χ2v) is 1.50. The maximum absolute atomic E-state index is 7.00. The van der Waals surface area contributed by atoms with Crippen LogP contribution in [0, 0.1) is 0 Å². The lowest BCUT2D eigenvalue weighted by atomic mass is 10.6. The third kappa shape index (κ3) is 3.13. The number of nitrogens with two attached hydrogens (primary N) is 1. The van der Waals surface area contributed by atoms with E-state index in [9.17, 15) is 0 Å². The fraction of sp³-hybridized carbons (Fsp3) is 0.333. The van der Waals surface area contributed by atoms with E-state index in [1.165, 1.54) is 13.3 Å². The van der Waals surface area contributed by atoms with Crippen molar-refractivity contribution in [1.29, 1.82) is 0 Å². The highest BCUT2D eigenvalue weighted by Gasteiger charge is 1.95. The highest BCUT2D eigenvalue weighted by atomic mass is 16.6. The molecule has 68 valence electrons. The minimum Gasteiger partial charge on any atom is -0.481 e. The van der Waals surface area contributed by atoms with Crippen molar-refractivity contribution in [3.05, 3.63) is 12.3 Å². The van der Waals surface area contributed by atoms with Gasteiger partial charge in [0.2, 0.25) is 5.88 Å². The predicted octanol–water partition coefficient (Wildman–Crippen LogP) is -0.654. The van der Waals surface area contributed by atoms with Gasteiger partial charge in [-0.15, -0.1) is 0 Å². The standard InChI is InChI=1S/C5H7N3O2.CH4O/c1-9-4-2-3-7-5(8-4)10-6;1-2/h2-3H,6H2,1H3;2H,1H3. The molecule has 0 radical (unpaired) electrons. The molecule has 6 nitrogen and oxygen atoms in total. The molecule has 0 aliphatic rings.